The van der Waals surface area contributed by atoms with Gasteiger partial charge in [-0.2, -0.15) is 0 Å². The molecule has 0 radical (unpaired) electrons. The van der Waals surface area contributed by atoms with Crippen LogP contribution in [0.3, 0.4) is 0 Å². The standard InChI is InChI=1S/C13H19NO4/c1-7(2)18-11(15)6-14-12(16)9-4-8(3)5-10(9)13(14)17/h7-10H,4-6H2,1-3H3. The van der Waals surface area contributed by atoms with Gasteiger partial charge in [0.05, 0.1) is 17.9 Å². The van der Waals surface area contributed by atoms with Crippen LogP contribution >= 0.6 is 0 Å². The maximum Gasteiger partial charge on any atom is 0.326 e. The van der Waals surface area contributed by atoms with Crippen molar-refractivity contribution in [2.45, 2.75) is 39.7 Å². The Labute approximate surface area is 106 Å². The summed E-state index contributed by atoms with van der Waals surface area (Å²) < 4.78 is 4.97. The van der Waals surface area contributed by atoms with Gasteiger partial charge in [0.25, 0.3) is 0 Å². The molecular weight excluding hydrogens is 234 g/mol. The fraction of sp³-hybridized carbons (Fsp3) is 0.769. The highest BCUT2D eigenvalue weighted by Gasteiger charge is 2.52. The van der Waals surface area contributed by atoms with Crippen LogP contribution in [0, 0.1) is 17.8 Å². The van der Waals surface area contributed by atoms with Gasteiger partial charge in [-0.3, -0.25) is 19.3 Å². The maximum absolute atomic E-state index is 12.1. The van der Waals surface area contributed by atoms with E-state index < -0.39 is 5.97 Å². The summed E-state index contributed by atoms with van der Waals surface area (Å²) in [5, 5.41) is 0. The van der Waals surface area contributed by atoms with Crippen molar-refractivity contribution in [1.82, 2.24) is 4.90 Å². The van der Waals surface area contributed by atoms with E-state index in [2.05, 4.69) is 6.92 Å². The summed E-state index contributed by atoms with van der Waals surface area (Å²) in [7, 11) is 0. The van der Waals surface area contributed by atoms with Crippen molar-refractivity contribution in [3.63, 3.8) is 0 Å². The normalized spacial score (nSPS) is 31.1. The number of likely N-dealkylation sites (tertiary alicyclic amines) is 1. The number of hydrogen-bond acceptors (Lipinski definition) is 4. The van der Waals surface area contributed by atoms with Crippen LogP contribution in [-0.2, 0) is 19.1 Å². The number of rotatable bonds is 3. The molecular formula is C13H19NO4. The third-order valence-corrected chi connectivity index (χ3v) is 3.62. The molecule has 2 atom stereocenters. The van der Waals surface area contributed by atoms with Crippen LogP contribution < -0.4 is 0 Å². The number of hydrogen-bond donors (Lipinski definition) is 0. The van der Waals surface area contributed by atoms with Crippen LogP contribution in [0.4, 0.5) is 0 Å². The summed E-state index contributed by atoms with van der Waals surface area (Å²) in [6, 6.07) is 0. The maximum atomic E-state index is 12.1. The number of ether oxygens (including phenoxy) is 1. The Morgan fingerprint density at radius 2 is 1.78 bits per heavy atom. The molecule has 0 aromatic carbocycles. The third-order valence-electron chi connectivity index (χ3n) is 3.62. The minimum absolute atomic E-state index is 0.199. The molecule has 5 heteroatoms. The number of esters is 1. The lowest BCUT2D eigenvalue weighted by Crippen LogP contribution is -2.38. The molecule has 1 saturated carbocycles. The Hall–Kier alpha value is -1.39. The molecule has 1 heterocycles. The molecule has 2 amide bonds. The van der Waals surface area contributed by atoms with E-state index in [0.717, 1.165) is 17.7 Å². The van der Waals surface area contributed by atoms with E-state index in [1.807, 2.05) is 0 Å². The van der Waals surface area contributed by atoms with Crippen LogP contribution in [0.5, 0.6) is 0 Å². The third kappa shape index (κ3) is 2.26. The van der Waals surface area contributed by atoms with Gasteiger partial charge in [-0.1, -0.05) is 6.92 Å². The van der Waals surface area contributed by atoms with E-state index in [4.69, 9.17) is 4.74 Å². The molecule has 0 aromatic rings. The fourth-order valence-electron chi connectivity index (χ4n) is 2.93. The Bertz CT molecular complexity index is 366. The van der Waals surface area contributed by atoms with E-state index in [1.165, 1.54) is 0 Å². The molecule has 1 saturated heterocycles. The highest BCUT2D eigenvalue weighted by molar-refractivity contribution is 6.07. The van der Waals surface area contributed by atoms with Crippen molar-refractivity contribution in [2.24, 2.45) is 17.8 Å². The number of fused-ring (bicyclic) bond motifs is 1. The number of imide groups is 1. The van der Waals surface area contributed by atoms with Crippen LogP contribution in [0.1, 0.15) is 33.6 Å². The summed E-state index contributed by atoms with van der Waals surface area (Å²) in [4.78, 5) is 36.7. The second kappa shape index (κ2) is 4.71. The first-order chi connectivity index (χ1) is 8.40. The van der Waals surface area contributed by atoms with Gasteiger partial charge in [-0.15, -0.1) is 0 Å². The van der Waals surface area contributed by atoms with Crippen molar-refractivity contribution in [1.29, 1.82) is 0 Å². The van der Waals surface area contributed by atoms with Crippen molar-refractivity contribution in [3.05, 3.63) is 0 Å². The first-order valence-electron chi connectivity index (χ1n) is 6.44. The summed E-state index contributed by atoms with van der Waals surface area (Å²) >= 11 is 0. The second-order valence-electron chi connectivity index (χ2n) is 5.59. The predicted molar refractivity (Wildman–Crippen MR) is 63.3 cm³/mol. The first-order valence-corrected chi connectivity index (χ1v) is 6.44. The Balaban J connectivity index is 2.01. The zero-order chi connectivity index (χ0) is 13.4. The zero-order valence-electron chi connectivity index (χ0n) is 11.0. The average molecular weight is 253 g/mol. The van der Waals surface area contributed by atoms with E-state index in [0.29, 0.717) is 5.92 Å². The van der Waals surface area contributed by atoms with Gasteiger partial charge in [-0.05, 0) is 32.6 Å². The molecule has 0 aromatic heterocycles. The fourth-order valence-corrected chi connectivity index (χ4v) is 2.93. The number of carbonyl (C=O) groups excluding carboxylic acids is 3. The Morgan fingerprint density at radius 3 is 2.22 bits per heavy atom. The molecule has 5 nitrogen and oxygen atoms in total. The minimum Gasteiger partial charge on any atom is -0.462 e. The molecule has 2 rings (SSSR count). The van der Waals surface area contributed by atoms with Gasteiger partial charge < -0.3 is 4.74 Å². The van der Waals surface area contributed by atoms with E-state index in [1.54, 1.807) is 13.8 Å². The summed E-state index contributed by atoms with van der Waals surface area (Å²) in [5.74, 6) is -0.916. The highest BCUT2D eigenvalue weighted by Crippen LogP contribution is 2.42. The Morgan fingerprint density at radius 1 is 1.28 bits per heavy atom. The predicted octanol–water partition coefficient (Wildman–Crippen LogP) is 0.969. The summed E-state index contributed by atoms with van der Waals surface area (Å²) in [6.45, 7) is 5.29. The lowest BCUT2D eigenvalue weighted by Gasteiger charge is -2.16. The number of nitrogens with zero attached hydrogens (tertiary/aromatic N) is 1. The first kappa shape index (κ1) is 13.1. The van der Waals surface area contributed by atoms with Gasteiger partial charge in [0, 0.05) is 0 Å². The van der Waals surface area contributed by atoms with Crippen molar-refractivity contribution in [3.8, 4) is 0 Å². The molecule has 1 aliphatic carbocycles. The average Bonchev–Trinajstić information content (AvgIpc) is 2.72. The van der Waals surface area contributed by atoms with Gasteiger partial charge in [0.1, 0.15) is 6.54 Å². The molecule has 0 bridgehead atoms. The lowest BCUT2D eigenvalue weighted by molar-refractivity contribution is -0.155. The topological polar surface area (TPSA) is 63.7 Å². The van der Waals surface area contributed by atoms with E-state index in [9.17, 15) is 14.4 Å². The van der Waals surface area contributed by atoms with Crippen LogP contribution in [0.25, 0.3) is 0 Å². The summed E-state index contributed by atoms with van der Waals surface area (Å²) in [6.07, 6.45) is 1.28. The van der Waals surface area contributed by atoms with Gasteiger partial charge >= 0.3 is 5.97 Å². The van der Waals surface area contributed by atoms with Crippen molar-refractivity contribution in [2.75, 3.05) is 6.54 Å². The van der Waals surface area contributed by atoms with E-state index in [-0.39, 0.29) is 36.3 Å². The molecule has 1 aliphatic heterocycles. The smallest absolute Gasteiger partial charge is 0.326 e. The zero-order valence-corrected chi connectivity index (χ0v) is 11.0. The number of carbonyl (C=O) groups is 3. The van der Waals surface area contributed by atoms with Gasteiger partial charge in [0.2, 0.25) is 11.8 Å². The largest absolute Gasteiger partial charge is 0.462 e. The Kier molecular flexibility index (Phi) is 3.41. The van der Waals surface area contributed by atoms with Crippen molar-refractivity contribution >= 4 is 17.8 Å². The molecule has 100 valence electrons. The van der Waals surface area contributed by atoms with Crippen molar-refractivity contribution < 1.29 is 19.1 Å². The molecule has 0 spiro atoms. The number of amides is 2. The molecule has 0 N–H and O–H groups in total. The molecule has 2 fully saturated rings. The summed E-state index contributed by atoms with van der Waals surface area (Å²) in [5.41, 5.74) is 0. The minimum atomic E-state index is -0.514. The van der Waals surface area contributed by atoms with Crippen LogP contribution in [-0.4, -0.2) is 35.3 Å². The highest BCUT2D eigenvalue weighted by atomic mass is 16.5. The van der Waals surface area contributed by atoms with Gasteiger partial charge in [-0.25, -0.2) is 0 Å². The molecule has 2 aliphatic rings. The van der Waals surface area contributed by atoms with Crippen LogP contribution in [0.15, 0.2) is 0 Å². The monoisotopic (exact) mass is 253 g/mol. The van der Waals surface area contributed by atoms with Gasteiger partial charge in [0.15, 0.2) is 0 Å². The van der Waals surface area contributed by atoms with E-state index >= 15 is 0 Å². The lowest BCUT2D eigenvalue weighted by atomic mass is 10.00. The molecule has 2 unspecified atom stereocenters. The second-order valence-corrected chi connectivity index (χ2v) is 5.59. The van der Waals surface area contributed by atoms with Crippen LogP contribution in [0.2, 0.25) is 0 Å². The molecule has 18 heavy (non-hydrogen) atoms. The quantitative estimate of drug-likeness (QED) is 0.555. The SMILES string of the molecule is CC1CC2C(=O)N(CC(=O)OC(C)C)C(=O)C2C1.